The fourth-order valence-electron chi connectivity index (χ4n) is 5.33. The largest absolute Gasteiger partial charge is 0.599 e. The molecular formula is C35H32N5O9-. The lowest BCUT2D eigenvalue weighted by Crippen LogP contribution is -2.34. The Kier molecular flexibility index (Phi) is 11.0. The minimum absolute atomic E-state index is 0.0406. The summed E-state index contributed by atoms with van der Waals surface area (Å²) in [5.74, 6) is -0.661. The van der Waals surface area contributed by atoms with Crippen molar-refractivity contribution in [3.8, 4) is 16.9 Å². The van der Waals surface area contributed by atoms with Crippen LogP contribution in [0.3, 0.4) is 0 Å². The van der Waals surface area contributed by atoms with E-state index in [1.54, 1.807) is 24.3 Å². The van der Waals surface area contributed by atoms with E-state index in [4.69, 9.17) is 19.9 Å². The van der Waals surface area contributed by atoms with E-state index in [0.717, 1.165) is 22.3 Å². The second-order valence-corrected chi connectivity index (χ2v) is 11.0. The van der Waals surface area contributed by atoms with Crippen LogP contribution >= 0.6 is 0 Å². The molecule has 0 bridgehead atoms. The van der Waals surface area contributed by atoms with Gasteiger partial charge in [-0.05, 0) is 64.9 Å². The predicted octanol–water partition coefficient (Wildman–Crippen LogP) is 4.61. The fourth-order valence-corrected chi connectivity index (χ4v) is 5.33. The molecule has 0 radical (unpaired) electrons. The zero-order chi connectivity index (χ0) is 34.8. The summed E-state index contributed by atoms with van der Waals surface area (Å²) >= 11 is 0. The number of rotatable bonds is 13. The number of carbonyl (C=O) groups is 3. The van der Waals surface area contributed by atoms with Crippen molar-refractivity contribution in [2.45, 2.75) is 31.4 Å². The highest BCUT2D eigenvalue weighted by Crippen LogP contribution is 2.44. The van der Waals surface area contributed by atoms with E-state index in [0.29, 0.717) is 17.7 Å². The number of nitrogens with one attached hydrogen (secondary N) is 2. The first-order valence-electron chi connectivity index (χ1n) is 15.3. The van der Waals surface area contributed by atoms with E-state index < -0.39 is 35.1 Å². The van der Waals surface area contributed by atoms with Crippen molar-refractivity contribution in [1.29, 1.82) is 0 Å². The average molecular weight is 667 g/mol. The lowest BCUT2D eigenvalue weighted by Gasteiger charge is -2.22. The number of nitrogens with two attached hydrogens (primary N) is 1. The molecule has 4 aromatic rings. The molecule has 1 aliphatic carbocycles. The van der Waals surface area contributed by atoms with Gasteiger partial charge in [-0.25, -0.2) is 9.59 Å². The molecule has 252 valence electrons. The topological polar surface area (TPSA) is 208 Å². The minimum Gasteiger partial charge on any atom is -0.599 e. The van der Waals surface area contributed by atoms with E-state index in [1.165, 1.54) is 24.3 Å². The molecule has 1 atom stereocenters. The van der Waals surface area contributed by atoms with Crippen LogP contribution in [0.2, 0.25) is 0 Å². The number of carbonyl (C=O) groups excluding carboxylic acids is 3. The number of urea groups is 1. The molecule has 5 rings (SSSR count). The fraction of sp³-hybridized carbons (Fsp3) is 0.200. The standard InChI is InChI=1S/C35H33N5O9/c36-33(42)37-19-5-10-31(39-34(43)47-21-30-28-8-3-1-6-26(28)27-7-2-4-9-29(27)30)32(41)38-23-13-11-22(12-14-23)20-48-35(44)49-25-17-15-24(16-18-25)40(45)46/h1-4,6-9,11-18,30-31H,5,10,19-21H2,(H,38,41)(H,39,43)(H3,36,37,42)/p-1/t31-/m1/s1. The van der Waals surface area contributed by atoms with Gasteiger partial charge in [-0.2, -0.15) is 0 Å². The summed E-state index contributed by atoms with van der Waals surface area (Å²) < 4.78 is 15.7. The van der Waals surface area contributed by atoms with Crippen LogP contribution in [0, 0.1) is 10.1 Å². The average Bonchev–Trinajstić information content (AvgIpc) is 3.42. The van der Waals surface area contributed by atoms with Crippen LogP contribution in [0.25, 0.3) is 11.1 Å². The molecule has 0 fully saturated rings. The van der Waals surface area contributed by atoms with Crippen LogP contribution in [-0.2, 0) is 20.9 Å². The molecule has 14 nitrogen and oxygen atoms in total. The van der Waals surface area contributed by atoms with Gasteiger partial charge in [-0.15, -0.1) is 0 Å². The Morgan fingerprint density at radius 1 is 0.878 bits per heavy atom. The Morgan fingerprint density at radius 2 is 1.51 bits per heavy atom. The van der Waals surface area contributed by atoms with E-state index in [9.17, 15) is 29.6 Å². The van der Waals surface area contributed by atoms with Crippen molar-refractivity contribution in [2.24, 2.45) is 10.7 Å². The molecule has 0 saturated carbocycles. The SMILES string of the molecule is NC(=O)NCCC[C@@H](N=C([O-])OCC1c2ccccc2-c2ccccc21)C(=O)Nc1ccc(COC(=O)Oc2ccc([N+](=O)[O-])cc2)cc1. The highest BCUT2D eigenvalue weighted by molar-refractivity contribution is 5.95. The highest BCUT2D eigenvalue weighted by Gasteiger charge is 2.27. The van der Waals surface area contributed by atoms with Crippen LogP contribution in [0.1, 0.15) is 35.4 Å². The van der Waals surface area contributed by atoms with Gasteiger partial charge in [0.1, 0.15) is 24.5 Å². The van der Waals surface area contributed by atoms with Gasteiger partial charge in [0.2, 0.25) is 5.91 Å². The number of aliphatic imine (C=N–C) groups is 1. The van der Waals surface area contributed by atoms with Crippen LogP contribution in [0.15, 0.2) is 102 Å². The molecule has 14 heteroatoms. The van der Waals surface area contributed by atoms with Crippen LogP contribution in [-0.4, -0.2) is 48.3 Å². The number of benzene rings is 4. The zero-order valence-corrected chi connectivity index (χ0v) is 26.1. The summed E-state index contributed by atoms with van der Waals surface area (Å²) in [4.78, 5) is 50.6. The summed E-state index contributed by atoms with van der Waals surface area (Å²) in [5.41, 5.74) is 10.2. The Balaban J connectivity index is 1.17. The van der Waals surface area contributed by atoms with E-state index >= 15 is 0 Å². The summed E-state index contributed by atoms with van der Waals surface area (Å²) in [6.07, 6.45) is -1.46. The van der Waals surface area contributed by atoms with Gasteiger partial charge in [0, 0.05) is 36.9 Å². The highest BCUT2D eigenvalue weighted by atomic mass is 16.7. The molecule has 49 heavy (non-hydrogen) atoms. The molecule has 4 N–H and O–H groups in total. The molecule has 0 heterocycles. The maximum Gasteiger partial charge on any atom is 0.514 e. The number of amides is 3. The maximum absolute atomic E-state index is 13.2. The molecule has 0 aliphatic heterocycles. The first-order chi connectivity index (χ1) is 23.7. The van der Waals surface area contributed by atoms with E-state index in [2.05, 4.69) is 15.6 Å². The van der Waals surface area contributed by atoms with Crippen LogP contribution < -0.4 is 26.2 Å². The second kappa shape index (κ2) is 15.9. The van der Waals surface area contributed by atoms with Gasteiger partial charge in [0.05, 0.1) is 4.92 Å². The summed E-state index contributed by atoms with van der Waals surface area (Å²) in [6, 6.07) is 25.3. The molecule has 0 spiro atoms. The van der Waals surface area contributed by atoms with Crippen LogP contribution in [0.5, 0.6) is 5.75 Å². The number of nitro groups is 1. The molecule has 0 unspecified atom stereocenters. The number of ether oxygens (including phenoxy) is 3. The smallest absolute Gasteiger partial charge is 0.514 e. The van der Waals surface area contributed by atoms with Crippen molar-refractivity contribution in [1.82, 2.24) is 5.32 Å². The summed E-state index contributed by atoms with van der Waals surface area (Å²) in [5, 5.41) is 28.9. The summed E-state index contributed by atoms with van der Waals surface area (Å²) in [7, 11) is 0. The Morgan fingerprint density at radius 3 is 2.12 bits per heavy atom. The normalized spacial score (nSPS) is 12.6. The molecule has 0 saturated heterocycles. The monoisotopic (exact) mass is 666 g/mol. The lowest BCUT2D eigenvalue weighted by molar-refractivity contribution is -0.384. The van der Waals surface area contributed by atoms with Gasteiger partial charge in [-0.3, -0.25) is 19.9 Å². The number of fused-ring (bicyclic) bond motifs is 3. The van der Waals surface area contributed by atoms with Gasteiger partial charge in [0.25, 0.3) is 5.69 Å². The van der Waals surface area contributed by atoms with Crippen molar-refractivity contribution in [3.05, 3.63) is 124 Å². The number of non-ortho nitro benzene ring substituents is 1. The first-order valence-corrected chi connectivity index (χ1v) is 15.3. The Hall–Kier alpha value is -6.44. The third kappa shape index (κ3) is 9.10. The van der Waals surface area contributed by atoms with Gasteiger partial charge in [-0.1, -0.05) is 60.7 Å². The zero-order valence-electron chi connectivity index (χ0n) is 26.1. The van der Waals surface area contributed by atoms with Crippen molar-refractivity contribution < 1.29 is 38.6 Å². The lowest BCUT2D eigenvalue weighted by atomic mass is 9.98. The third-order valence-electron chi connectivity index (χ3n) is 7.68. The number of hydrogen-bond donors (Lipinski definition) is 3. The number of primary amides is 1. The predicted molar refractivity (Wildman–Crippen MR) is 177 cm³/mol. The number of anilines is 1. The molecule has 1 aliphatic rings. The molecule has 4 aromatic carbocycles. The quantitative estimate of drug-likeness (QED) is 0.0346. The Bertz CT molecular complexity index is 1800. The molecular weight excluding hydrogens is 634 g/mol. The molecule has 0 aromatic heterocycles. The third-order valence-corrected chi connectivity index (χ3v) is 7.68. The molecule has 3 amide bonds. The van der Waals surface area contributed by atoms with Crippen molar-refractivity contribution >= 4 is 35.6 Å². The van der Waals surface area contributed by atoms with E-state index in [-0.39, 0.29) is 43.5 Å². The van der Waals surface area contributed by atoms with Crippen molar-refractivity contribution in [2.75, 3.05) is 18.5 Å². The van der Waals surface area contributed by atoms with Gasteiger partial charge in [0.15, 0.2) is 0 Å². The number of nitrogens with zero attached hydrogens (tertiary/aromatic N) is 2. The van der Waals surface area contributed by atoms with Gasteiger partial charge < -0.3 is 35.7 Å². The van der Waals surface area contributed by atoms with Crippen LogP contribution in [0.4, 0.5) is 21.0 Å². The van der Waals surface area contributed by atoms with E-state index in [1.807, 2.05) is 48.5 Å². The Labute approximate surface area is 280 Å². The first kappa shape index (κ1) is 33.9. The minimum atomic E-state index is -1.12. The number of nitro benzene ring substituents is 1. The maximum atomic E-state index is 13.2. The van der Waals surface area contributed by atoms with Crippen molar-refractivity contribution in [3.63, 3.8) is 0 Å². The van der Waals surface area contributed by atoms with Gasteiger partial charge >= 0.3 is 12.2 Å². The second-order valence-electron chi connectivity index (χ2n) is 11.0. The summed E-state index contributed by atoms with van der Waals surface area (Å²) in [6.45, 7) is 0.0756. The number of hydrogen-bond acceptors (Lipinski definition) is 10.